The molecule has 4 nitrogen and oxygen atoms in total. The highest BCUT2D eigenvalue weighted by atomic mass is 16.5. The van der Waals surface area contributed by atoms with E-state index in [1.54, 1.807) is 26.4 Å². The Morgan fingerprint density at radius 2 is 2.00 bits per heavy atom. The first kappa shape index (κ1) is 13.4. The van der Waals surface area contributed by atoms with Crippen LogP contribution in [0, 0.1) is 0 Å². The van der Waals surface area contributed by atoms with E-state index in [1.165, 1.54) is 0 Å². The monoisotopic (exact) mass is 276 g/mol. The second kappa shape index (κ2) is 5.09. The Kier molecular flexibility index (Phi) is 3.42. The van der Waals surface area contributed by atoms with Crippen LogP contribution in [0.2, 0.25) is 0 Å². The molecular weight excluding hydrogens is 256 g/mol. The third-order valence-corrected chi connectivity index (χ3v) is 4.48. The van der Waals surface area contributed by atoms with E-state index < -0.39 is 0 Å². The molecule has 0 N–H and O–H groups in total. The fraction of sp³-hybridized carbons (Fsp3) is 0.562. The van der Waals surface area contributed by atoms with Gasteiger partial charge >= 0.3 is 0 Å². The minimum Gasteiger partial charge on any atom is -0.497 e. The number of rotatable bonds is 2. The van der Waals surface area contributed by atoms with Gasteiger partial charge in [0.15, 0.2) is 5.78 Å². The quantitative estimate of drug-likeness (QED) is 0.833. The maximum atomic E-state index is 12.4. The Morgan fingerprint density at radius 3 is 2.65 bits per heavy atom. The van der Waals surface area contributed by atoms with Crippen LogP contribution in [0.5, 0.6) is 11.5 Å². The van der Waals surface area contributed by atoms with Gasteiger partial charge in [0.25, 0.3) is 0 Å². The van der Waals surface area contributed by atoms with Crippen LogP contribution in [0.25, 0.3) is 0 Å². The van der Waals surface area contributed by atoms with Crippen LogP contribution in [0.1, 0.15) is 42.5 Å². The highest BCUT2D eigenvalue weighted by Crippen LogP contribution is 2.43. The van der Waals surface area contributed by atoms with Crippen molar-refractivity contribution in [3.05, 3.63) is 23.8 Å². The van der Waals surface area contributed by atoms with Gasteiger partial charge < -0.3 is 14.2 Å². The predicted octanol–water partition coefficient (Wildman–Crippen LogP) is 2.99. The summed E-state index contributed by atoms with van der Waals surface area (Å²) in [7, 11) is 3.36. The zero-order valence-corrected chi connectivity index (χ0v) is 12.0. The number of ether oxygens (including phenoxy) is 3. The molecule has 1 fully saturated rings. The summed E-state index contributed by atoms with van der Waals surface area (Å²) in [4.78, 5) is 12.4. The maximum Gasteiger partial charge on any atom is 0.170 e. The summed E-state index contributed by atoms with van der Waals surface area (Å²) >= 11 is 0. The number of carbonyl (C=O) groups excluding carboxylic acids is 1. The van der Waals surface area contributed by atoms with Gasteiger partial charge in [-0.05, 0) is 37.8 Å². The zero-order chi connectivity index (χ0) is 14.2. The summed E-state index contributed by atoms with van der Waals surface area (Å²) in [6, 6.07) is 5.42. The van der Waals surface area contributed by atoms with Crippen LogP contribution in [0.3, 0.4) is 0 Å². The summed E-state index contributed by atoms with van der Waals surface area (Å²) in [5, 5.41) is 0. The summed E-state index contributed by atoms with van der Waals surface area (Å²) < 4.78 is 16.8. The molecular formula is C16H20O4. The third kappa shape index (κ3) is 2.29. The Bertz CT molecular complexity index is 515. The Labute approximate surface area is 119 Å². The van der Waals surface area contributed by atoms with Gasteiger partial charge in [0.1, 0.15) is 17.1 Å². The van der Waals surface area contributed by atoms with Crippen LogP contribution in [-0.4, -0.2) is 31.7 Å². The lowest BCUT2D eigenvalue weighted by molar-refractivity contribution is -0.0321. The number of methoxy groups -OCH3 is 2. The molecule has 1 aromatic rings. The smallest absolute Gasteiger partial charge is 0.170 e. The second-order valence-corrected chi connectivity index (χ2v) is 5.68. The normalized spacial score (nSPS) is 28.9. The fourth-order valence-corrected chi connectivity index (χ4v) is 3.23. The van der Waals surface area contributed by atoms with Gasteiger partial charge in [-0.15, -0.1) is 0 Å². The number of fused-ring (bicyclic) bond motifs is 1. The van der Waals surface area contributed by atoms with Crippen molar-refractivity contribution in [1.29, 1.82) is 0 Å². The van der Waals surface area contributed by atoms with E-state index in [1.807, 2.05) is 6.07 Å². The van der Waals surface area contributed by atoms with Crippen LogP contribution in [-0.2, 0) is 4.74 Å². The Morgan fingerprint density at radius 1 is 1.25 bits per heavy atom. The molecule has 0 radical (unpaired) electrons. The minimum atomic E-state index is -0.342. The molecule has 0 bridgehead atoms. The zero-order valence-electron chi connectivity index (χ0n) is 12.0. The van der Waals surface area contributed by atoms with Crippen molar-refractivity contribution in [2.75, 3.05) is 14.2 Å². The molecule has 4 heteroatoms. The van der Waals surface area contributed by atoms with E-state index in [0.29, 0.717) is 23.8 Å². The van der Waals surface area contributed by atoms with Crippen molar-refractivity contribution in [3.63, 3.8) is 0 Å². The van der Waals surface area contributed by atoms with E-state index in [0.717, 1.165) is 31.4 Å². The van der Waals surface area contributed by atoms with Crippen molar-refractivity contribution in [3.8, 4) is 11.5 Å². The van der Waals surface area contributed by atoms with Crippen molar-refractivity contribution in [1.82, 2.24) is 0 Å². The van der Waals surface area contributed by atoms with Crippen molar-refractivity contribution in [2.45, 2.75) is 43.8 Å². The van der Waals surface area contributed by atoms with Crippen molar-refractivity contribution < 1.29 is 19.0 Å². The summed E-state index contributed by atoms with van der Waals surface area (Å²) in [6.45, 7) is 0. The molecule has 0 aromatic heterocycles. The highest BCUT2D eigenvalue weighted by molar-refractivity contribution is 6.00. The molecule has 20 heavy (non-hydrogen) atoms. The molecule has 0 unspecified atom stereocenters. The van der Waals surface area contributed by atoms with E-state index in [9.17, 15) is 4.79 Å². The largest absolute Gasteiger partial charge is 0.497 e. The predicted molar refractivity (Wildman–Crippen MR) is 74.6 cm³/mol. The Balaban J connectivity index is 1.86. The standard InChI is InChI=1S/C16H20O4/c1-18-11-5-7-16(8-6-11)10-14(17)13-4-3-12(19-2)9-15(13)20-16/h3-4,9,11H,5-8,10H2,1-2H3. The summed E-state index contributed by atoms with van der Waals surface area (Å²) in [5.74, 6) is 1.56. The first-order valence-electron chi connectivity index (χ1n) is 7.09. The number of benzene rings is 1. The molecule has 0 saturated heterocycles. The first-order chi connectivity index (χ1) is 9.65. The summed E-state index contributed by atoms with van der Waals surface area (Å²) in [6.07, 6.45) is 4.41. The molecule has 1 spiro atoms. The maximum absolute atomic E-state index is 12.4. The summed E-state index contributed by atoms with van der Waals surface area (Å²) in [5.41, 5.74) is 0.330. The van der Waals surface area contributed by atoms with Crippen LogP contribution < -0.4 is 9.47 Å². The molecule has 1 aromatic carbocycles. The van der Waals surface area contributed by atoms with Gasteiger partial charge in [-0.1, -0.05) is 0 Å². The molecule has 2 aliphatic rings. The first-order valence-corrected chi connectivity index (χ1v) is 7.09. The lowest BCUT2D eigenvalue weighted by atomic mass is 9.77. The molecule has 1 saturated carbocycles. The average Bonchev–Trinajstić information content (AvgIpc) is 2.47. The lowest BCUT2D eigenvalue weighted by Crippen LogP contribution is -2.46. The van der Waals surface area contributed by atoms with Crippen LogP contribution in [0.15, 0.2) is 18.2 Å². The SMILES string of the molecule is COc1ccc2c(c1)OC1(CCC(OC)CC1)CC2=O. The van der Waals surface area contributed by atoms with E-state index in [4.69, 9.17) is 14.2 Å². The van der Waals surface area contributed by atoms with Crippen molar-refractivity contribution in [2.24, 2.45) is 0 Å². The van der Waals surface area contributed by atoms with Gasteiger partial charge in [0.2, 0.25) is 0 Å². The van der Waals surface area contributed by atoms with Crippen LogP contribution in [0.4, 0.5) is 0 Å². The molecule has 108 valence electrons. The highest BCUT2D eigenvalue weighted by Gasteiger charge is 2.43. The number of hydrogen-bond donors (Lipinski definition) is 0. The van der Waals surface area contributed by atoms with Gasteiger partial charge in [-0.2, -0.15) is 0 Å². The molecule has 0 atom stereocenters. The molecule has 1 aliphatic carbocycles. The van der Waals surface area contributed by atoms with E-state index in [-0.39, 0.29) is 11.4 Å². The average molecular weight is 276 g/mol. The minimum absolute atomic E-state index is 0.171. The second-order valence-electron chi connectivity index (χ2n) is 5.68. The molecule has 1 heterocycles. The molecule has 1 aliphatic heterocycles. The van der Waals surface area contributed by atoms with Crippen molar-refractivity contribution >= 4 is 5.78 Å². The topological polar surface area (TPSA) is 44.8 Å². The van der Waals surface area contributed by atoms with E-state index in [2.05, 4.69) is 0 Å². The van der Waals surface area contributed by atoms with Crippen LogP contribution >= 0.6 is 0 Å². The Hall–Kier alpha value is -1.55. The lowest BCUT2D eigenvalue weighted by Gasteiger charge is -2.42. The molecule has 3 rings (SSSR count). The van der Waals surface area contributed by atoms with Gasteiger partial charge in [-0.25, -0.2) is 0 Å². The number of ketones is 1. The number of Topliss-reactive ketones (excluding diaryl/α,β-unsaturated/α-hetero) is 1. The third-order valence-electron chi connectivity index (χ3n) is 4.48. The number of carbonyl (C=O) groups is 1. The fourth-order valence-electron chi connectivity index (χ4n) is 3.23. The molecule has 0 amide bonds. The number of hydrogen-bond acceptors (Lipinski definition) is 4. The van der Waals surface area contributed by atoms with Gasteiger partial charge in [0.05, 0.1) is 25.2 Å². The van der Waals surface area contributed by atoms with Gasteiger partial charge in [-0.3, -0.25) is 4.79 Å². The van der Waals surface area contributed by atoms with E-state index >= 15 is 0 Å². The van der Waals surface area contributed by atoms with Gasteiger partial charge in [0, 0.05) is 13.2 Å².